The van der Waals surface area contributed by atoms with E-state index < -0.39 is 9.84 Å². The van der Waals surface area contributed by atoms with Crippen LogP contribution in [0.25, 0.3) is 0 Å². The molecule has 0 aromatic heterocycles. The van der Waals surface area contributed by atoms with Gasteiger partial charge in [-0.15, -0.1) is 0 Å². The van der Waals surface area contributed by atoms with Crippen LogP contribution in [0, 0.1) is 17.8 Å². The Labute approximate surface area is 135 Å². The van der Waals surface area contributed by atoms with Crippen LogP contribution in [0.5, 0.6) is 0 Å². The van der Waals surface area contributed by atoms with Gasteiger partial charge in [-0.2, -0.15) is 0 Å². The van der Waals surface area contributed by atoms with E-state index >= 15 is 0 Å². The lowest BCUT2D eigenvalue weighted by molar-refractivity contribution is 0.0998. The third kappa shape index (κ3) is 4.24. The number of hydrogen-bond acceptors (Lipinski definition) is 4. The summed E-state index contributed by atoms with van der Waals surface area (Å²) in [7, 11) is -0.970. The lowest BCUT2D eigenvalue weighted by Crippen LogP contribution is -2.40. The Morgan fingerprint density at radius 3 is 2.05 bits per heavy atom. The van der Waals surface area contributed by atoms with E-state index in [0.29, 0.717) is 29.9 Å². The van der Waals surface area contributed by atoms with Crippen LogP contribution >= 0.6 is 0 Å². The summed E-state index contributed by atoms with van der Waals surface area (Å²) in [5.41, 5.74) is 0. The molecular formula is C17H31NO3S. The molecule has 5 heteroatoms. The van der Waals surface area contributed by atoms with Gasteiger partial charge in [-0.05, 0) is 69.1 Å². The molecule has 0 aliphatic heterocycles. The Bertz CT molecular complexity index is 456. The summed E-state index contributed by atoms with van der Waals surface area (Å²) < 4.78 is 28.3. The van der Waals surface area contributed by atoms with E-state index in [1.807, 2.05) is 7.11 Å². The first kappa shape index (κ1) is 16.7. The van der Waals surface area contributed by atoms with Crippen LogP contribution in [0.2, 0.25) is 0 Å². The van der Waals surface area contributed by atoms with Crippen molar-refractivity contribution in [1.82, 2.24) is 5.32 Å². The summed E-state index contributed by atoms with van der Waals surface area (Å²) in [6.07, 6.45) is 11.4. The summed E-state index contributed by atoms with van der Waals surface area (Å²) in [5, 5.41) is 3.87. The van der Waals surface area contributed by atoms with Crippen molar-refractivity contribution >= 4 is 9.84 Å². The molecular weight excluding hydrogens is 298 g/mol. The highest BCUT2D eigenvalue weighted by molar-refractivity contribution is 7.90. The van der Waals surface area contributed by atoms with Crippen molar-refractivity contribution < 1.29 is 13.2 Å². The summed E-state index contributed by atoms with van der Waals surface area (Å²) in [6.45, 7) is 0. The van der Waals surface area contributed by atoms with Crippen LogP contribution in [0.15, 0.2) is 0 Å². The monoisotopic (exact) mass is 329 g/mol. The van der Waals surface area contributed by atoms with Gasteiger partial charge in [0.1, 0.15) is 9.84 Å². The molecule has 1 N–H and O–H groups in total. The minimum absolute atomic E-state index is 0.381. The van der Waals surface area contributed by atoms with Crippen molar-refractivity contribution in [1.29, 1.82) is 0 Å². The van der Waals surface area contributed by atoms with Crippen LogP contribution in [0.3, 0.4) is 0 Å². The topological polar surface area (TPSA) is 55.4 Å². The van der Waals surface area contributed by atoms with Gasteiger partial charge in [-0.1, -0.05) is 0 Å². The zero-order valence-corrected chi connectivity index (χ0v) is 14.8. The molecule has 0 spiro atoms. The van der Waals surface area contributed by atoms with Gasteiger partial charge >= 0.3 is 0 Å². The van der Waals surface area contributed by atoms with E-state index in [9.17, 15) is 8.42 Å². The first-order valence-electron chi connectivity index (χ1n) is 8.89. The second kappa shape index (κ2) is 6.78. The molecule has 0 radical (unpaired) electrons. The van der Waals surface area contributed by atoms with Crippen molar-refractivity contribution in [2.75, 3.05) is 19.1 Å². The van der Waals surface area contributed by atoms with Gasteiger partial charge in [0, 0.05) is 25.4 Å². The van der Waals surface area contributed by atoms with E-state index in [1.54, 1.807) is 0 Å². The maximum absolute atomic E-state index is 11.4. The van der Waals surface area contributed by atoms with E-state index in [2.05, 4.69) is 5.32 Å². The van der Waals surface area contributed by atoms with E-state index in [0.717, 1.165) is 37.5 Å². The molecule has 0 aromatic rings. The number of methoxy groups -OCH3 is 1. The molecule has 22 heavy (non-hydrogen) atoms. The van der Waals surface area contributed by atoms with Crippen LogP contribution < -0.4 is 5.32 Å². The Hall–Kier alpha value is -0.130. The second-order valence-corrected chi connectivity index (χ2v) is 10.2. The van der Waals surface area contributed by atoms with E-state index in [1.165, 1.54) is 31.9 Å². The molecule has 4 atom stereocenters. The van der Waals surface area contributed by atoms with Crippen LogP contribution in [-0.2, 0) is 14.6 Å². The third-order valence-electron chi connectivity index (χ3n) is 6.16. The van der Waals surface area contributed by atoms with Gasteiger partial charge in [-0.3, -0.25) is 0 Å². The highest BCUT2D eigenvalue weighted by Gasteiger charge is 2.42. The Balaban J connectivity index is 1.39. The molecule has 3 rings (SSSR count). The summed E-state index contributed by atoms with van der Waals surface area (Å²) >= 11 is 0. The quantitative estimate of drug-likeness (QED) is 0.841. The van der Waals surface area contributed by atoms with Gasteiger partial charge in [0.2, 0.25) is 0 Å². The molecule has 3 aliphatic carbocycles. The van der Waals surface area contributed by atoms with Gasteiger partial charge in [-0.25, -0.2) is 8.42 Å². The fourth-order valence-electron chi connectivity index (χ4n) is 5.15. The normalized spacial score (nSPS) is 42.5. The molecule has 4 nitrogen and oxygen atoms in total. The fourth-order valence-corrected chi connectivity index (χ4v) is 6.34. The largest absolute Gasteiger partial charge is 0.381 e. The summed E-state index contributed by atoms with van der Waals surface area (Å²) in [4.78, 5) is 0. The number of ether oxygens (including phenoxy) is 1. The lowest BCUT2D eigenvalue weighted by Gasteiger charge is -2.31. The summed E-state index contributed by atoms with van der Waals surface area (Å²) in [5.74, 6) is 2.50. The van der Waals surface area contributed by atoms with E-state index in [-0.39, 0.29) is 0 Å². The predicted octanol–water partition coefficient (Wildman–Crippen LogP) is 2.38. The Kier molecular flexibility index (Phi) is 5.15. The predicted molar refractivity (Wildman–Crippen MR) is 88.6 cm³/mol. The fraction of sp³-hybridized carbons (Fsp3) is 1.00. The van der Waals surface area contributed by atoms with Gasteiger partial charge in [0.25, 0.3) is 0 Å². The Morgan fingerprint density at radius 2 is 1.55 bits per heavy atom. The van der Waals surface area contributed by atoms with Crippen LogP contribution in [-0.4, -0.2) is 45.7 Å². The molecule has 3 saturated carbocycles. The van der Waals surface area contributed by atoms with Crippen molar-refractivity contribution in [2.24, 2.45) is 17.8 Å². The maximum atomic E-state index is 11.4. The SMILES string of the molecule is COC1C[C@H]2CC(NC3CCC(CS(C)(=O)=O)CC3)C[C@H]2C1. The van der Waals surface area contributed by atoms with E-state index in [4.69, 9.17) is 4.74 Å². The summed E-state index contributed by atoms with van der Waals surface area (Å²) in [6, 6.07) is 1.29. The molecule has 0 saturated heterocycles. The van der Waals surface area contributed by atoms with Crippen LogP contribution in [0.4, 0.5) is 0 Å². The number of nitrogens with one attached hydrogen (secondary N) is 1. The molecule has 3 aliphatic rings. The number of sulfone groups is 1. The molecule has 0 aromatic carbocycles. The molecule has 0 amide bonds. The van der Waals surface area contributed by atoms with Gasteiger partial charge < -0.3 is 10.1 Å². The average Bonchev–Trinajstić information content (AvgIpc) is 2.97. The molecule has 128 valence electrons. The third-order valence-corrected chi connectivity index (χ3v) is 7.24. The number of rotatable bonds is 5. The minimum atomic E-state index is -2.81. The lowest BCUT2D eigenvalue weighted by atomic mass is 9.86. The molecule has 0 bridgehead atoms. The maximum Gasteiger partial charge on any atom is 0.147 e. The van der Waals surface area contributed by atoms with Crippen molar-refractivity contribution in [3.8, 4) is 0 Å². The number of fused-ring (bicyclic) bond motifs is 1. The Morgan fingerprint density at radius 1 is 0.955 bits per heavy atom. The van der Waals surface area contributed by atoms with Crippen molar-refractivity contribution in [3.63, 3.8) is 0 Å². The molecule has 2 unspecified atom stereocenters. The smallest absolute Gasteiger partial charge is 0.147 e. The van der Waals surface area contributed by atoms with Crippen molar-refractivity contribution in [3.05, 3.63) is 0 Å². The molecule has 3 fully saturated rings. The van der Waals surface area contributed by atoms with Crippen LogP contribution in [0.1, 0.15) is 51.4 Å². The zero-order chi connectivity index (χ0) is 15.7. The standard InChI is InChI=1S/C17H31NO3S/c1-21-17-9-13-7-16(8-14(13)10-17)18-15-5-3-12(4-6-15)11-22(2,19)20/h12-18H,3-11H2,1-2H3/t12?,13-,14+,15?,16?,17?. The van der Waals surface area contributed by atoms with Gasteiger partial charge in [0.05, 0.1) is 11.9 Å². The average molecular weight is 330 g/mol. The van der Waals surface area contributed by atoms with Gasteiger partial charge in [0.15, 0.2) is 0 Å². The highest BCUT2D eigenvalue weighted by Crippen LogP contribution is 2.45. The number of hydrogen-bond donors (Lipinski definition) is 1. The first-order chi connectivity index (χ1) is 10.4. The highest BCUT2D eigenvalue weighted by atomic mass is 32.2. The second-order valence-electron chi connectivity index (χ2n) is 7.99. The van der Waals surface area contributed by atoms with Crippen molar-refractivity contribution in [2.45, 2.75) is 69.6 Å². The minimum Gasteiger partial charge on any atom is -0.381 e. The molecule has 0 heterocycles. The zero-order valence-electron chi connectivity index (χ0n) is 14.0. The first-order valence-corrected chi connectivity index (χ1v) is 11.0.